The Bertz CT molecular complexity index is 150. The monoisotopic (exact) mass is 254 g/mol. The Labute approximate surface area is 117 Å². The van der Waals surface area contributed by atoms with Crippen molar-refractivity contribution in [1.29, 1.82) is 0 Å². The second kappa shape index (κ2) is 13.4. The molecule has 0 heterocycles. The van der Waals surface area contributed by atoms with Crippen LogP contribution in [0.3, 0.4) is 0 Å². The average Bonchev–Trinajstić information content (AvgIpc) is 2.35. The summed E-state index contributed by atoms with van der Waals surface area (Å²) in [6.45, 7) is 9.43. The summed E-state index contributed by atoms with van der Waals surface area (Å²) < 4.78 is 0. The summed E-state index contributed by atoms with van der Waals surface area (Å²) in [4.78, 5) is 0. The first-order chi connectivity index (χ1) is 8.74. The van der Waals surface area contributed by atoms with Crippen LogP contribution in [0.4, 0.5) is 0 Å². The fourth-order valence-electron chi connectivity index (χ4n) is 3.08. The first kappa shape index (κ1) is 18.0. The van der Waals surface area contributed by atoms with Crippen molar-refractivity contribution in [3.05, 3.63) is 0 Å². The molecule has 0 aliphatic carbocycles. The van der Waals surface area contributed by atoms with E-state index in [0.29, 0.717) is 0 Å². The van der Waals surface area contributed by atoms with E-state index in [1.54, 1.807) is 0 Å². The Morgan fingerprint density at radius 1 is 0.611 bits per heavy atom. The van der Waals surface area contributed by atoms with Crippen molar-refractivity contribution in [1.82, 2.24) is 0 Å². The van der Waals surface area contributed by atoms with Gasteiger partial charge in [0.25, 0.3) is 0 Å². The Balaban J connectivity index is 3.71. The van der Waals surface area contributed by atoms with Crippen LogP contribution in [0, 0.1) is 11.8 Å². The van der Waals surface area contributed by atoms with Crippen molar-refractivity contribution in [2.75, 3.05) is 0 Å². The average molecular weight is 255 g/mol. The maximum absolute atomic E-state index is 2.48. The lowest BCUT2D eigenvalue weighted by atomic mass is 9.86. The molecule has 0 spiro atoms. The largest absolute Gasteiger partial charge is 0.0654 e. The molecule has 2 atom stereocenters. The molecule has 110 valence electrons. The van der Waals surface area contributed by atoms with Gasteiger partial charge in [0.1, 0.15) is 0 Å². The van der Waals surface area contributed by atoms with Gasteiger partial charge in [0.2, 0.25) is 0 Å². The summed E-state index contributed by atoms with van der Waals surface area (Å²) in [7, 11) is 0. The molecule has 0 bridgehead atoms. The van der Waals surface area contributed by atoms with Crippen LogP contribution in [-0.2, 0) is 0 Å². The SMILES string of the molecule is CCCCCCC(CCC)CC(C)CCCCC. The number of hydrogen-bond acceptors (Lipinski definition) is 0. The van der Waals surface area contributed by atoms with Gasteiger partial charge in [-0.3, -0.25) is 0 Å². The molecule has 0 heteroatoms. The van der Waals surface area contributed by atoms with Gasteiger partial charge in [-0.2, -0.15) is 0 Å². The van der Waals surface area contributed by atoms with Crippen molar-refractivity contribution < 1.29 is 0 Å². The van der Waals surface area contributed by atoms with E-state index < -0.39 is 0 Å². The summed E-state index contributed by atoms with van der Waals surface area (Å²) in [6.07, 6.45) is 17.3. The van der Waals surface area contributed by atoms with Crippen LogP contribution in [-0.4, -0.2) is 0 Å². The van der Waals surface area contributed by atoms with Crippen LogP contribution in [0.25, 0.3) is 0 Å². The highest BCUT2D eigenvalue weighted by Crippen LogP contribution is 2.26. The molecule has 0 radical (unpaired) electrons. The number of hydrogen-bond donors (Lipinski definition) is 0. The van der Waals surface area contributed by atoms with Crippen molar-refractivity contribution in [3.8, 4) is 0 Å². The fraction of sp³-hybridized carbons (Fsp3) is 1.00. The quantitative estimate of drug-likeness (QED) is 0.311. The van der Waals surface area contributed by atoms with Crippen molar-refractivity contribution in [3.63, 3.8) is 0 Å². The minimum atomic E-state index is 0.958. The topological polar surface area (TPSA) is 0 Å². The lowest BCUT2D eigenvalue weighted by Crippen LogP contribution is -2.07. The summed E-state index contributed by atoms with van der Waals surface area (Å²) in [6, 6.07) is 0. The third kappa shape index (κ3) is 11.1. The molecule has 18 heavy (non-hydrogen) atoms. The van der Waals surface area contributed by atoms with Gasteiger partial charge in [0, 0.05) is 0 Å². The molecule has 0 aliphatic rings. The van der Waals surface area contributed by atoms with Gasteiger partial charge in [0.15, 0.2) is 0 Å². The van der Waals surface area contributed by atoms with Crippen LogP contribution in [0.5, 0.6) is 0 Å². The Morgan fingerprint density at radius 3 is 1.83 bits per heavy atom. The van der Waals surface area contributed by atoms with Crippen LogP contribution < -0.4 is 0 Å². The summed E-state index contributed by atoms with van der Waals surface area (Å²) in [5.41, 5.74) is 0. The molecule has 0 aromatic heterocycles. The van der Waals surface area contributed by atoms with Crippen LogP contribution >= 0.6 is 0 Å². The third-order valence-corrected chi connectivity index (χ3v) is 4.20. The van der Waals surface area contributed by atoms with E-state index in [9.17, 15) is 0 Å². The molecular formula is C18H38. The van der Waals surface area contributed by atoms with Gasteiger partial charge < -0.3 is 0 Å². The molecule has 0 N–H and O–H groups in total. The molecule has 0 aromatic carbocycles. The molecule has 0 fully saturated rings. The number of unbranched alkanes of at least 4 members (excludes halogenated alkanes) is 5. The molecule has 0 aromatic rings. The highest BCUT2D eigenvalue weighted by Gasteiger charge is 2.12. The maximum Gasteiger partial charge on any atom is -0.0412 e. The minimum absolute atomic E-state index is 0.958. The van der Waals surface area contributed by atoms with Gasteiger partial charge in [-0.1, -0.05) is 98.3 Å². The highest BCUT2D eigenvalue weighted by atomic mass is 14.2. The molecular weight excluding hydrogens is 216 g/mol. The van der Waals surface area contributed by atoms with Crippen molar-refractivity contribution in [2.24, 2.45) is 11.8 Å². The zero-order chi connectivity index (χ0) is 13.6. The lowest BCUT2D eigenvalue weighted by Gasteiger charge is -2.20. The van der Waals surface area contributed by atoms with Crippen LogP contribution in [0.2, 0.25) is 0 Å². The predicted molar refractivity (Wildman–Crippen MR) is 85.1 cm³/mol. The molecule has 0 saturated carbocycles. The zero-order valence-electron chi connectivity index (χ0n) is 13.6. The van der Waals surface area contributed by atoms with Crippen molar-refractivity contribution in [2.45, 2.75) is 105 Å². The summed E-state index contributed by atoms with van der Waals surface area (Å²) in [5, 5.41) is 0. The normalized spacial score (nSPS) is 14.7. The van der Waals surface area contributed by atoms with E-state index in [4.69, 9.17) is 0 Å². The molecule has 0 amide bonds. The van der Waals surface area contributed by atoms with E-state index in [1.165, 1.54) is 77.0 Å². The fourth-order valence-corrected chi connectivity index (χ4v) is 3.08. The van der Waals surface area contributed by atoms with E-state index in [2.05, 4.69) is 27.7 Å². The van der Waals surface area contributed by atoms with Gasteiger partial charge >= 0.3 is 0 Å². The van der Waals surface area contributed by atoms with Crippen molar-refractivity contribution >= 4 is 0 Å². The van der Waals surface area contributed by atoms with Gasteiger partial charge in [-0.15, -0.1) is 0 Å². The van der Waals surface area contributed by atoms with Gasteiger partial charge in [-0.25, -0.2) is 0 Å². The second-order valence-corrected chi connectivity index (χ2v) is 6.34. The van der Waals surface area contributed by atoms with Crippen LogP contribution in [0.15, 0.2) is 0 Å². The second-order valence-electron chi connectivity index (χ2n) is 6.34. The molecule has 0 rings (SSSR count). The van der Waals surface area contributed by atoms with E-state index in [1.807, 2.05) is 0 Å². The van der Waals surface area contributed by atoms with Gasteiger partial charge in [0.05, 0.1) is 0 Å². The molecule has 0 nitrogen and oxygen atoms in total. The molecule has 2 unspecified atom stereocenters. The Hall–Kier alpha value is 0. The molecule has 0 saturated heterocycles. The Morgan fingerprint density at radius 2 is 1.22 bits per heavy atom. The first-order valence-electron chi connectivity index (χ1n) is 8.74. The first-order valence-corrected chi connectivity index (χ1v) is 8.74. The predicted octanol–water partition coefficient (Wildman–Crippen LogP) is 6.98. The zero-order valence-corrected chi connectivity index (χ0v) is 13.6. The minimum Gasteiger partial charge on any atom is -0.0654 e. The number of rotatable bonds is 13. The van der Waals surface area contributed by atoms with Crippen LogP contribution in [0.1, 0.15) is 105 Å². The standard InChI is InChI=1S/C18H38/c1-5-8-10-12-15-18(13-7-3)16-17(4)14-11-9-6-2/h17-18H,5-16H2,1-4H3. The lowest BCUT2D eigenvalue weighted by molar-refractivity contribution is 0.320. The van der Waals surface area contributed by atoms with E-state index in [0.717, 1.165) is 11.8 Å². The van der Waals surface area contributed by atoms with E-state index >= 15 is 0 Å². The Kier molecular flexibility index (Phi) is 13.4. The third-order valence-electron chi connectivity index (χ3n) is 4.20. The molecule has 0 aliphatic heterocycles. The summed E-state index contributed by atoms with van der Waals surface area (Å²) >= 11 is 0. The summed E-state index contributed by atoms with van der Waals surface area (Å²) in [5.74, 6) is 1.97. The van der Waals surface area contributed by atoms with E-state index in [-0.39, 0.29) is 0 Å². The van der Waals surface area contributed by atoms with Gasteiger partial charge in [-0.05, 0) is 18.3 Å². The smallest absolute Gasteiger partial charge is 0.0412 e. The highest BCUT2D eigenvalue weighted by molar-refractivity contribution is 4.64. The maximum atomic E-state index is 2.48.